The van der Waals surface area contributed by atoms with Crippen molar-refractivity contribution in [3.05, 3.63) is 18.2 Å². The molecule has 0 radical (unpaired) electrons. The third-order valence-corrected chi connectivity index (χ3v) is 2.66. The van der Waals surface area contributed by atoms with Crippen molar-refractivity contribution in [2.45, 2.75) is 20.3 Å². The van der Waals surface area contributed by atoms with E-state index in [4.69, 9.17) is 15.2 Å². The summed E-state index contributed by atoms with van der Waals surface area (Å²) in [6, 6.07) is 5.47. The highest BCUT2D eigenvalue weighted by molar-refractivity contribution is 14.0. The third-order valence-electron chi connectivity index (χ3n) is 2.66. The van der Waals surface area contributed by atoms with Crippen molar-refractivity contribution in [2.75, 3.05) is 26.1 Å². The van der Waals surface area contributed by atoms with Gasteiger partial charge in [0.05, 0.1) is 19.9 Å². The van der Waals surface area contributed by atoms with E-state index < -0.39 is 0 Å². The highest BCUT2D eigenvalue weighted by atomic mass is 127. The average Bonchev–Trinajstić information content (AvgIpc) is 2.38. The average molecular weight is 393 g/mol. The van der Waals surface area contributed by atoms with Gasteiger partial charge in [-0.2, -0.15) is 0 Å². The van der Waals surface area contributed by atoms with E-state index in [0.717, 1.165) is 17.9 Å². The maximum Gasteiger partial charge on any atom is 0.193 e. The molecule has 0 saturated carbocycles. The van der Waals surface area contributed by atoms with Crippen molar-refractivity contribution >= 4 is 35.6 Å². The van der Waals surface area contributed by atoms with Crippen molar-refractivity contribution in [2.24, 2.45) is 16.6 Å². The normalized spacial score (nSPS) is 10.9. The Morgan fingerprint density at radius 3 is 2.55 bits per heavy atom. The number of halogens is 1. The molecule has 114 valence electrons. The molecule has 0 spiro atoms. The molecular formula is C14H24IN3O2. The second kappa shape index (κ2) is 9.68. The number of benzene rings is 1. The zero-order valence-electron chi connectivity index (χ0n) is 12.5. The number of aliphatic imine (C=N–C) groups is 1. The van der Waals surface area contributed by atoms with E-state index in [0.29, 0.717) is 24.2 Å². The van der Waals surface area contributed by atoms with E-state index >= 15 is 0 Å². The van der Waals surface area contributed by atoms with Gasteiger partial charge in [-0.1, -0.05) is 13.8 Å². The molecule has 0 aliphatic rings. The van der Waals surface area contributed by atoms with Crippen molar-refractivity contribution < 1.29 is 9.47 Å². The fourth-order valence-electron chi connectivity index (χ4n) is 1.53. The van der Waals surface area contributed by atoms with Crippen molar-refractivity contribution in [3.63, 3.8) is 0 Å². The summed E-state index contributed by atoms with van der Waals surface area (Å²) in [4.78, 5) is 4.28. The SMILES string of the molecule is COc1ccc(OC)c(NC(N)=NCCC(C)C)c1.I. The lowest BCUT2D eigenvalue weighted by molar-refractivity contribution is 0.405. The molecule has 1 aromatic carbocycles. The first kappa shape index (κ1) is 18.8. The van der Waals surface area contributed by atoms with E-state index in [1.165, 1.54) is 0 Å². The Balaban J connectivity index is 0.00000361. The van der Waals surface area contributed by atoms with Gasteiger partial charge in [0.25, 0.3) is 0 Å². The quantitative estimate of drug-likeness (QED) is 0.443. The molecule has 0 saturated heterocycles. The molecule has 0 aliphatic carbocycles. The molecule has 1 aromatic rings. The number of nitrogens with one attached hydrogen (secondary N) is 1. The minimum atomic E-state index is 0. The van der Waals surface area contributed by atoms with Gasteiger partial charge in [0.2, 0.25) is 0 Å². The molecule has 0 fully saturated rings. The number of guanidine groups is 1. The molecule has 5 nitrogen and oxygen atoms in total. The number of nitrogens with zero attached hydrogens (tertiary/aromatic N) is 1. The zero-order valence-corrected chi connectivity index (χ0v) is 14.8. The van der Waals surface area contributed by atoms with E-state index in [-0.39, 0.29) is 24.0 Å². The Hall–Kier alpha value is -1.18. The number of methoxy groups -OCH3 is 2. The van der Waals surface area contributed by atoms with Crippen LogP contribution < -0.4 is 20.5 Å². The highest BCUT2D eigenvalue weighted by Gasteiger charge is 2.05. The van der Waals surface area contributed by atoms with E-state index in [1.807, 2.05) is 18.2 Å². The van der Waals surface area contributed by atoms with Crippen LogP contribution in [0.1, 0.15) is 20.3 Å². The lowest BCUT2D eigenvalue weighted by Crippen LogP contribution is -2.23. The van der Waals surface area contributed by atoms with Crippen LogP contribution in [-0.4, -0.2) is 26.7 Å². The summed E-state index contributed by atoms with van der Waals surface area (Å²) in [6.07, 6.45) is 1.01. The van der Waals surface area contributed by atoms with Crippen LogP contribution in [0.25, 0.3) is 0 Å². The molecule has 0 amide bonds. The summed E-state index contributed by atoms with van der Waals surface area (Å²) in [7, 11) is 3.23. The zero-order chi connectivity index (χ0) is 14.3. The Morgan fingerprint density at radius 1 is 1.30 bits per heavy atom. The topological polar surface area (TPSA) is 68.9 Å². The summed E-state index contributed by atoms with van der Waals surface area (Å²) in [6.45, 7) is 5.03. The Bertz CT molecular complexity index is 436. The molecule has 0 atom stereocenters. The Kier molecular flexibility index (Phi) is 9.11. The molecule has 1 rings (SSSR count). The summed E-state index contributed by atoms with van der Waals surface area (Å²) in [5.41, 5.74) is 6.59. The lowest BCUT2D eigenvalue weighted by Gasteiger charge is -2.12. The summed E-state index contributed by atoms with van der Waals surface area (Å²) in [5.74, 6) is 2.43. The van der Waals surface area contributed by atoms with Crippen LogP contribution in [-0.2, 0) is 0 Å². The van der Waals surface area contributed by atoms with Gasteiger partial charge in [-0.3, -0.25) is 4.99 Å². The fraction of sp³-hybridized carbons (Fsp3) is 0.500. The Morgan fingerprint density at radius 2 is 2.00 bits per heavy atom. The molecule has 0 heterocycles. The van der Waals surface area contributed by atoms with Gasteiger partial charge in [0.15, 0.2) is 5.96 Å². The van der Waals surface area contributed by atoms with Gasteiger partial charge >= 0.3 is 0 Å². The monoisotopic (exact) mass is 393 g/mol. The molecule has 0 aliphatic heterocycles. The van der Waals surface area contributed by atoms with Crippen LogP contribution in [0, 0.1) is 5.92 Å². The van der Waals surface area contributed by atoms with Crippen LogP contribution in [0.5, 0.6) is 11.5 Å². The molecule has 0 aromatic heterocycles. The molecule has 3 N–H and O–H groups in total. The van der Waals surface area contributed by atoms with E-state index in [2.05, 4.69) is 24.2 Å². The summed E-state index contributed by atoms with van der Waals surface area (Å²) in [5, 5.41) is 3.03. The van der Waals surface area contributed by atoms with Crippen LogP contribution >= 0.6 is 24.0 Å². The maximum atomic E-state index is 5.85. The first-order chi connectivity index (χ1) is 9.06. The van der Waals surface area contributed by atoms with E-state index in [1.54, 1.807) is 14.2 Å². The number of anilines is 1. The van der Waals surface area contributed by atoms with Crippen molar-refractivity contribution in [1.82, 2.24) is 0 Å². The van der Waals surface area contributed by atoms with Gasteiger partial charge in [0.1, 0.15) is 11.5 Å². The summed E-state index contributed by atoms with van der Waals surface area (Å²) < 4.78 is 10.4. The Labute approximate surface area is 138 Å². The second-order valence-corrected chi connectivity index (χ2v) is 4.64. The summed E-state index contributed by atoms with van der Waals surface area (Å²) >= 11 is 0. The van der Waals surface area contributed by atoms with Crippen molar-refractivity contribution in [1.29, 1.82) is 0 Å². The van der Waals surface area contributed by atoms with E-state index in [9.17, 15) is 0 Å². The van der Waals surface area contributed by atoms with Gasteiger partial charge in [0, 0.05) is 12.6 Å². The van der Waals surface area contributed by atoms with Crippen LogP contribution in [0.2, 0.25) is 0 Å². The molecule has 6 heteroatoms. The number of hydrogen-bond acceptors (Lipinski definition) is 3. The predicted octanol–water partition coefficient (Wildman–Crippen LogP) is 3.09. The third kappa shape index (κ3) is 6.31. The second-order valence-electron chi connectivity index (χ2n) is 4.64. The highest BCUT2D eigenvalue weighted by Crippen LogP contribution is 2.28. The lowest BCUT2D eigenvalue weighted by atomic mass is 10.1. The smallest absolute Gasteiger partial charge is 0.193 e. The number of nitrogens with two attached hydrogens (primary N) is 1. The fourth-order valence-corrected chi connectivity index (χ4v) is 1.53. The van der Waals surface area contributed by atoms with Gasteiger partial charge in [-0.15, -0.1) is 24.0 Å². The van der Waals surface area contributed by atoms with Gasteiger partial charge in [-0.05, 0) is 24.5 Å². The van der Waals surface area contributed by atoms with Crippen LogP contribution in [0.15, 0.2) is 23.2 Å². The first-order valence-corrected chi connectivity index (χ1v) is 6.35. The first-order valence-electron chi connectivity index (χ1n) is 6.35. The van der Waals surface area contributed by atoms with Gasteiger partial charge in [-0.25, -0.2) is 0 Å². The standard InChI is InChI=1S/C14H23N3O2.HI/c1-10(2)7-8-16-14(15)17-12-9-11(18-3)5-6-13(12)19-4;/h5-6,9-10H,7-8H2,1-4H3,(H3,15,16,17);1H. The van der Waals surface area contributed by atoms with Crippen molar-refractivity contribution in [3.8, 4) is 11.5 Å². The molecule has 0 unspecified atom stereocenters. The van der Waals surface area contributed by atoms with Crippen LogP contribution in [0.3, 0.4) is 0 Å². The molecular weight excluding hydrogens is 369 g/mol. The molecule has 0 bridgehead atoms. The minimum Gasteiger partial charge on any atom is -0.497 e. The largest absolute Gasteiger partial charge is 0.497 e. The number of ether oxygens (including phenoxy) is 2. The maximum absolute atomic E-state index is 5.85. The number of rotatable bonds is 6. The molecule has 20 heavy (non-hydrogen) atoms. The predicted molar refractivity (Wildman–Crippen MR) is 94.5 cm³/mol. The number of hydrogen-bond donors (Lipinski definition) is 2. The van der Waals surface area contributed by atoms with Gasteiger partial charge < -0.3 is 20.5 Å². The minimum absolute atomic E-state index is 0. The van der Waals surface area contributed by atoms with Crippen LogP contribution in [0.4, 0.5) is 5.69 Å².